The van der Waals surface area contributed by atoms with Gasteiger partial charge in [0.15, 0.2) is 11.5 Å². The molecule has 1 N–H and O–H groups in total. The minimum atomic E-state index is -0.288. The highest BCUT2D eigenvalue weighted by molar-refractivity contribution is 5.95. The van der Waals surface area contributed by atoms with Crippen LogP contribution in [0.1, 0.15) is 44.0 Å². The smallest absolute Gasteiger partial charge is 0.409 e. The number of methoxy groups -OCH3 is 1. The van der Waals surface area contributed by atoms with E-state index < -0.39 is 0 Å². The number of piperidine rings is 1. The quantitative estimate of drug-likeness (QED) is 0.789. The molecule has 0 saturated carbocycles. The van der Waals surface area contributed by atoms with Crippen LogP contribution < -0.4 is 14.8 Å². The Bertz CT molecular complexity index is 639. The average Bonchev–Trinajstić information content (AvgIpc) is 2.66. The van der Waals surface area contributed by atoms with Crippen molar-refractivity contribution < 1.29 is 23.8 Å². The van der Waals surface area contributed by atoms with E-state index in [1.165, 1.54) is 0 Å². The minimum Gasteiger partial charge on any atom is -0.493 e. The van der Waals surface area contributed by atoms with Gasteiger partial charge in [-0.25, -0.2) is 4.79 Å². The third kappa shape index (κ3) is 6.05. The van der Waals surface area contributed by atoms with Crippen LogP contribution in [0.5, 0.6) is 11.5 Å². The fraction of sp³-hybridized carbons (Fsp3) is 0.600. The standard InChI is InChI=1S/C20H30N2O5/c1-5-26-20(24)22-10-8-16(9-11-22)21-19(23)15-6-7-17(18(12-15)25-4)27-13-14(2)3/h6-7,12,14,16H,5,8-11,13H2,1-4H3,(H,21,23). The van der Waals surface area contributed by atoms with Gasteiger partial charge in [0.05, 0.1) is 20.3 Å². The number of carbonyl (C=O) groups is 2. The predicted octanol–water partition coefficient (Wildman–Crippen LogP) is 3.08. The summed E-state index contributed by atoms with van der Waals surface area (Å²) in [6, 6.07) is 5.23. The molecule has 0 spiro atoms. The minimum absolute atomic E-state index is 0.0334. The Morgan fingerprint density at radius 2 is 1.93 bits per heavy atom. The maximum absolute atomic E-state index is 12.6. The zero-order valence-corrected chi connectivity index (χ0v) is 16.6. The van der Waals surface area contributed by atoms with E-state index in [4.69, 9.17) is 14.2 Å². The first-order valence-electron chi connectivity index (χ1n) is 9.48. The molecule has 1 fully saturated rings. The van der Waals surface area contributed by atoms with E-state index in [-0.39, 0.29) is 18.0 Å². The van der Waals surface area contributed by atoms with Gasteiger partial charge < -0.3 is 24.4 Å². The van der Waals surface area contributed by atoms with E-state index in [2.05, 4.69) is 19.2 Å². The molecule has 7 heteroatoms. The second-order valence-corrected chi connectivity index (χ2v) is 7.00. The first-order valence-corrected chi connectivity index (χ1v) is 9.48. The molecule has 2 rings (SSSR count). The molecule has 7 nitrogen and oxygen atoms in total. The molecule has 1 aromatic rings. The molecular weight excluding hydrogens is 348 g/mol. The van der Waals surface area contributed by atoms with Gasteiger partial charge in [-0.1, -0.05) is 13.8 Å². The Hall–Kier alpha value is -2.44. The summed E-state index contributed by atoms with van der Waals surface area (Å²) in [5, 5.41) is 3.03. The Kier molecular flexibility index (Phi) is 7.76. The molecule has 1 aromatic carbocycles. The Balaban J connectivity index is 1.91. The normalized spacial score (nSPS) is 14.8. The number of hydrogen-bond acceptors (Lipinski definition) is 5. The van der Waals surface area contributed by atoms with Crippen LogP contribution in [-0.2, 0) is 4.74 Å². The van der Waals surface area contributed by atoms with Crippen molar-refractivity contribution in [1.29, 1.82) is 0 Å². The molecule has 1 aliphatic rings. The maximum Gasteiger partial charge on any atom is 0.409 e. The van der Waals surface area contributed by atoms with E-state index >= 15 is 0 Å². The average molecular weight is 378 g/mol. The van der Waals surface area contributed by atoms with Gasteiger partial charge in [-0.05, 0) is 43.9 Å². The monoisotopic (exact) mass is 378 g/mol. The Labute approximate surface area is 161 Å². The zero-order valence-electron chi connectivity index (χ0n) is 16.6. The van der Waals surface area contributed by atoms with Crippen LogP contribution in [0.15, 0.2) is 18.2 Å². The van der Waals surface area contributed by atoms with Gasteiger partial charge in [0.2, 0.25) is 0 Å². The SMILES string of the molecule is CCOC(=O)N1CCC(NC(=O)c2ccc(OCC(C)C)c(OC)c2)CC1. The summed E-state index contributed by atoms with van der Waals surface area (Å²) in [6.07, 6.45) is 1.12. The predicted molar refractivity (Wildman–Crippen MR) is 102 cm³/mol. The maximum atomic E-state index is 12.6. The van der Waals surface area contributed by atoms with Gasteiger partial charge in [0.1, 0.15) is 0 Å². The van der Waals surface area contributed by atoms with Crippen molar-refractivity contribution in [3.63, 3.8) is 0 Å². The van der Waals surface area contributed by atoms with Crippen molar-refractivity contribution in [3.05, 3.63) is 23.8 Å². The summed E-state index contributed by atoms with van der Waals surface area (Å²) in [6.45, 7) is 8.04. The molecule has 2 amide bonds. The summed E-state index contributed by atoms with van der Waals surface area (Å²) in [4.78, 5) is 26.0. The molecule has 0 radical (unpaired) electrons. The number of amides is 2. The summed E-state index contributed by atoms with van der Waals surface area (Å²) < 4.78 is 16.1. The molecule has 1 heterocycles. The molecule has 0 aliphatic carbocycles. The Morgan fingerprint density at radius 3 is 2.52 bits per heavy atom. The summed E-state index contributed by atoms with van der Waals surface area (Å²) in [5.41, 5.74) is 0.525. The van der Waals surface area contributed by atoms with Gasteiger partial charge in [-0.15, -0.1) is 0 Å². The molecule has 0 aromatic heterocycles. The lowest BCUT2D eigenvalue weighted by atomic mass is 10.0. The van der Waals surface area contributed by atoms with E-state index in [1.807, 2.05) is 0 Å². The lowest BCUT2D eigenvalue weighted by molar-refractivity contribution is 0.0859. The molecule has 1 aliphatic heterocycles. The zero-order chi connectivity index (χ0) is 19.8. The van der Waals surface area contributed by atoms with Crippen molar-refractivity contribution in [1.82, 2.24) is 10.2 Å². The van der Waals surface area contributed by atoms with Crippen molar-refractivity contribution in [3.8, 4) is 11.5 Å². The fourth-order valence-corrected chi connectivity index (χ4v) is 2.87. The van der Waals surface area contributed by atoms with Crippen LogP contribution in [0.4, 0.5) is 4.79 Å². The first-order chi connectivity index (χ1) is 12.9. The number of ether oxygens (including phenoxy) is 3. The van der Waals surface area contributed by atoms with Crippen molar-refractivity contribution in [2.45, 2.75) is 39.7 Å². The fourth-order valence-electron chi connectivity index (χ4n) is 2.87. The van der Waals surface area contributed by atoms with Crippen LogP contribution in [0.3, 0.4) is 0 Å². The molecular formula is C20H30N2O5. The molecule has 0 atom stereocenters. The topological polar surface area (TPSA) is 77.1 Å². The number of benzene rings is 1. The molecule has 1 saturated heterocycles. The van der Waals surface area contributed by atoms with Crippen LogP contribution in [0.2, 0.25) is 0 Å². The molecule has 27 heavy (non-hydrogen) atoms. The number of rotatable bonds is 7. The number of nitrogens with zero attached hydrogens (tertiary/aromatic N) is 1. The van der Waals surface area contributed by atoms with E-state index in [9.17, 15) is 9.59 Å². The lowest BCUT2D eigenvalue weighted by Crippen LogP contribution is -2.46. The van der Waals surface area contributed by atoms with Crippen molar-refractivity contribution in [2.24, 2.45) is 5.92 Å². The lowest BCUT2D eigenvalue weighted by Gasteiger charge is -2.31. The van der Waals surface area contributed by atoms with Gasteiger partial charge in [0.25, 0.3) is 5.91 Å². The van der Waals surface area contributed by atoms with Gasteiger partial charge in [0, 0.05) is 24.7 Å². The second-order valence-electron chi connectivity index (χ2n) is 7.00. The Morgan fingerprint density at radius 1 is 1.22 bits per heavy atom. The van der Waals surface area contributed by atoms with E-state index in [0.29, 0.717) is 62.1 Å². The highest BCUT2D eigenvalue weighted by atomic mass is 16.6. The van der Waals surface area contributed by atoms with Gasteiger partial charge in [-0.3, -0.25) is 4.79 Å². The number of hydrogen-bond donors (Lipinski definition) is 1. The van der Waals surface area contributed by atoms with Gasteiger partial charge >= 0.3 is 6.09 Å². The summed E-state index contributed by atoms with van der Waals surface area (Å²) in [5.74, 6) is 1.42. The van der Waals surface area contributed by atoms with Crippen LogP contribution >= 0.6 is 0 Å². The third-order valence-electron chi connectivity index (χ3n) is 4.35. The second kappa shape index (κ2) is 10.0. The third-order valence-corrected chi connectivity index (χ3v) is 4.35. The van der Waals surface area contributed by atoms with E-state index in [0.717, 1.165) is 0 Å². The van der Waals surface area contributed by atoms with Crippen molar-refractivity contribution in [2.75, 3.05) is 33.4 Å². The molecule has 150 valence electrons. The van der Waals surface area contributed by atoms with Crippen molar-refractivity contribution >= 4 is 12.0 Å². The van der Waals surface area contributed by atoms with Crippen LogP contribution in [-0.4, -0.2) is 56.4 Å². The number of nitrogens with one attached hydrogen (secondary N) is 1. The van der Waals surface area contributed by atoms with Crippen LogP contribution in [0, 0.1) is 5.92 Å². The summed E-state index contributed by atoms with van der Waals surface area (Å²) in [7, 11) is 1.56. The first kappa shape index (κ1) is 20.9. The molecule has 0 bridgehead atoms. The number of carbonyl (C=O) groups excluding carboxylic acids is 2. The van der Waals surface area contributed by atoms with E-state index in [1.54, 1.807) is 37.1 Å². The summed E-state index contributed by atoms with van der Waals surface area (Å²) >= 11 is 0. The highest BCUT2D eigenvalue weighted by Gasteiger charge is 2.25. The van der Waals surface area contributed by atoms with Crippen LogP contribution in [0.25, 0.3) is 0 Å². The largest absolute Gasteiger partial charge is 0.493 e. The van der Waals surface area contributed by atoms with Gasteiger partial charge in [-0.2, -0.15) is 0 Å². The highest BCUT2D eigenvalue weighted by Crippen LogP contribution is 2.28. The number of likely N-dealkylation sites (tertiary alicyclic amines) is 1. The molecule has 0 unspecified atom stereocenters.